The Labute approximate surface area is 176 Å². The van der Waals surface area contributed by atoms with Gasteiger partial charge in [0.15, 0.2) is 0 Å². The SMILES string of the molecule is COc1ccc(NC(=O)OCCCCCCOC(=O)Nc2ccc(OC)cc2)cc1. The van der Waals surface area contributed by atoms with E-state index in [-0.39, 0.29) is 0 Å². The molecule has 0 unspecified atom stereocenters. The molecule has 30 heavy (non-hydrogen) atoms. The molecule has 0 bridgehead atoms. The highest BCUT2D eigenvalue weighted by molar-refractivity contribution is 5.85. The number of hydrogen-bond acceptors (Lipinski definition) is 6. The molecule has 0 saturated carbocycles. The van der Waals surface area contributed by atoms with Crippen LogP contribution in [0.2, 0.25) is 0 Å². The number of anilines is 2. The largest absolute Gasteiger partial charge is 0.497 e. The van der Waals surface area contributed by atoms with Crippen LogP contribution in [0.5, 0.6) is 11.5 Å². The minimum absolute atomic E-state index is 0.334. The molecule has 0 aliphatic heterocycles. The van der Waals surface area contributed by atoms with E-state index in [2.05, 4.69) is 10.6 Å². The van der Waals surface area contributed by atoms with Gasteiger partial charge in [-0.2, -0.15) is 0 Å². The van der Waals surface area contributed by atoms with Crippen LogP contribution in [-0.2, 0) is 9.47 Å². The Morgan fingerprint density at radius 2 is 1.00 bits per heavy atom. The molecule has 0 heterocycles. The molecule has 0 fully saturated rings. The maximum atomic E-state index is 11.7. The van der Waals surface area contributed by atoms with Gasteiger partial charge in [0.1, 0.15) is 11.5 Å². The van der Waals surface area contributed by atoms with Crippen LogP contribution >= 0.6 is 0 Å². The highest BCUT2D eigenvalue weighted by Crippen LogP contribution is 2.16. The molecule has 0 atom stereocenters. The molecule has 0 aliphatic carbocycles. The number of benzene rings is 2. The summed E-state index contributed by atoms with van der Waals surface area (Å²) in [5.74, 6) is 1.44. The van der Waals surface area contributed by atoms with Crippen molar-refractivity contribution in [3.05, 3.63) is 48.5 Å². The lowest BCUT2D eigenvalue weighted by atomic mass is 10.2. The van der Waals surface area contributed by atoms with Gasteiger partial charge in [0.25, 0.3) is 0 Å². The smallest absolute Gasteiger partial charge is 0.411 e. The average molecular weight is 416 g/mol. The van der Waals surface area contributed by atoms with Crippen molar-refractivity contribution in [3.8, 4) is 11.5 Å². The van der Waals surface area contributed by atoms with Gasteiger partial charge in [-0.05, 0) is 74.2 Å². The molecular formula is C22H28N2O6. The molecule has 0 saturated heterocycles. The molecule has 2 aromatic carbocycles. The van der Waals surface area contributed by atoms with Crippen LogP contribution in [0.3, 0.4) is 0 Å². The fourth-order valence-corrected chi connectivity index (χ4v) is 2.54. The minimum Gasteiger partial charge on any atom is -0.497 e. The predicted molar refractivity (Wildman–Crippen MR) is 114 cm³/mol. The van der Waals surface area contributed by atoms with Gasteiger partial charge in [-0.15, -0.1) is 0 Å². The van der Waals surface area contributed by atoms with Gasteiger partial charge in [-0.1, -0.05) is 0 Å². The number of ether oxygens (including phenoxy) is 4. The van der Waals surface area contributed by atoms with Gasteiger partial charge < -0.3 is 18.9 Å². The Morgan fingerprint density at radius 3 is 1.33 bits per heavy atom. The zero-order valence-electron chi connectivity index (χ0n) is 17.3. The van der Waals surface area contributed by atoms with E-state index in [1.807, 2.05) is 0 Å². The van der Waals surface area contributed by atoms with Crippen LogP contribution in [0.25, 0.3) is 0 Å². The standard InChI is InChI=1S/C22H28N2O6/c1-27-19-11-7-17(8-12-19)23-21(25)29-15-5-3-4-6-16-30-22(26)24-18-9-13-20(28-2)14-10-18/h7-14H,3-6,15-16H2,1-2H3,(H,23,25)(H,24,26). The Morgan fingerprint density at radius 1 is 0.633 bits per heavy atom. The lowest BCUT2D eigenvalue weighted by Crippen LogP contribution is -2.15. The van der Waals surface area contributed by atoms with E-state index in [1.165, 1.54) is 0 Å². The van der Waals surface area contributed by atoms with Crippen molar-refractivity contribution in [2.45, 2.75) is 25.7 Å². The molecule has 2 aromatic rings. The van der Waals surface area contributed by atoms with Crippen molar-refractivity contribution in [2.24, 2.45) is 0 Å². The van der Waals surface area contributed by atoms with Gasteiger partial charge in [0.05, 0.1) is 27.4 Å². The Bertz CT molecular complexity index is 710. The summed E-state index contributed by atoms with van der Waals surface area (Å²) in [7, 11) is 3.17. The topological polar surface area (TPSA) is 95.1 Å². The number of amides is 2. The Balaban J connectivity index is 1.47. The van der Waals surface area contributed by atoms with Crippen molar-refractivity contribution in [1.29, 1.82) is 0 Å². The van der Waals surface area contributed by atoms with E-state index in [9.17, 15) is 9.59 Å². The third kappa shape index (κ3) is 8.72. The number of carbonyl (C=O) groups is 2. The fraction of sp³-hybridized carbons (Fsp3) is 0.364. The summed E-state index contributed by atoms with van der Waals surface area (Å²) >= 11 is 0. The van der Waals surface area contributed by atoms with E-state index >= 15 is 0 Å². The zero-order chi connectivity index (χ0) is 21.6. The minimum atomic E-state index is -0.487. The number of methoxy groups -OCH3 is 2. The maximum Gasteiger partial charge on any atom is 0.411 e. The van der Waals surface area contributed by atoms with Gasteiger partial charge >= 0.3 is 12.2 Å². The van der Waals surface area contributed by atoms with E-state index in [0.717, 1.165) is 37.2 Å². The first kappa shape index (κ1) is 22.9. The highest BCUT2D eigenvalue weighted by Gasteiger charge is 2.05. The zero-order valence-corrected chi connectivity index (χ0v) is 17.3. The summed E-state index contributed by atoms with van der Waals surface area (Å²) in [6, 6.07) is 14.0. The summed E-state index contributed by atoms with van der Waals surface area (Å²) in [5, 5.41) is 5.31. The summed E-state index contributed by atoms with van der Waals surface area (Å²) in [4.78, 5) is 23.5. The van der Waals surface area contributed by atoms with Gasteiger partial charge in [-0.25, -0.2) is 9.59 Å². The second-order valence-electron chi connectivity index (χ2n) is 6.39. The highest BCUT2D eigenvalue weighted by atomic mass is 16.6. The number of carbonyl (C=O) groups excluding carboxylic acids is 2. The predicted octanol–water partition coefficient (Wildman–Crippen LogP) is 5.06. The van der Waals surface area contributed by atoms with Crippen molar-refractivity contribution in [1.82, 2.24) is 0 Å². The van der Waals surface area contributed by atoms with E-state index < -0.39 is 12.2 Å². The second kappa shape index (κ2) is 12.9. The molecular weight excluding hydrogens is 388 g/mol. The molecule has 2 N–H and O–H groups in total. The summed E-state index contributed by atoms with van der Waals surface area (Å²) in [6.07, 6.45) is 2.26. The van der Waals surface area contributed by atoms with Crippen molar-refractivity contribution in [3.63, 3.8) is 0 Å². The summed E-state index contributed by atoms with van der Waals surface area (Å²) < 4.78 is 20.4. The number of hydrogen-bond donors (Lipinski definition) is 2. The first-order valence-corrected chi connectivity index (χ1v) is 9.76. The molecule has 162 valence electrons. The lowest BCUT2D eigenvalue weighted by molar-refractivity contribution is 0.153. The van der Waals surface area contributed by atoms with Crippen LogP contribution in [0, 0.1) is 0 Å². The molecule has 2 rings (SSSR count). The molecule has 8 heteroatoms. The third-order valence-corrected chi connectivity index (χ3v) is 4.18. The monoisotopic (exact) mass is 416 g/mol. The quantitative estimate of drug-likeness (QED) is 0.497. The van der Waals surface area contributed by atoms with Gasteiger partial charge in [-0.3, -0.25) is 10.6 Å². The van der Waals surface area contributed by atoms with E-state index in [0.29, 0.717) is 24.6 Å². The summed E-state index contributed by atoms with van der Waals surface area (Å²) in [5.41, 5.74) is 1.29. The lowest BCUT2D eigenvalue weighted by Gasteiger charge is -2.08. The van der Waals surface area contributed by atoms with E-state index in [4.69, 9.17) is 18.9 Å². The summed E-state index contributed by atoms with van der Waals surface area (Å²) in [6.45, 7) is 0.668. The molecule has 0 spiro atoms. The molecule has 0 aliphatic rings. The van der Waals surface area contributed by atoms with Crippen molar-refractivity contribution >= 4 is 23.6 Å². The molecule has 0 aromatic heterocycles. The first-order chi connectivity index (χ1) is 14.6. The molecule has 8 nitrogen and oxygen atoms in total. The van der Waals surface area contributed by atoms with Gasteiger partial charge in [0.2, 0.25) is 0 Å². The van der Waals surface area contributed by atoms with Crippen LogP contribution in [-0.4, -0.2) is 39.6 Å². The Kier molecular flexibility index (Phi) is 9.85. The maximum absolute atomic E-state index is 11.7. The number of unbranched alkanes of at least 4 members (excludes halogenated alkanes) is 3. The normalized spacial score (nSPS) is 10.1. The number of nitrogens with one attached hydrogen (secondary N) is 2. The van der Waals surface area contributed by atoms with Crippen LogP contribution in [0.15, 0.2) is 48.5 Å². The van der Waals surface area contributed by atoms with Gasteiger partial charge in [0, 0.05) is 11.4 Å². The molecule has 0 radical (unpaired) electrons. The number of rotatable bonds is 11. The Hall–Kier alpha value is -3.42. The van der Waals surface area contributed by atoms with Crippen LogP contribution < -0.4 is 20.1 Å². The van der Waals surface area contributed by atoms with Crippen molar-refractivity contribution in [2.75, 3.05) is 38.1 Å². The fourth-order valence-electron chi connectivity index (χ4n) is 2.54. The average Bonchev–Trinajstić information content (AvgIpc) is 2.76. The van der Waals surface area contributed by atoms with Crippen molar-refractivity contribution < 1.29 is 28.5 Å². The van der Waals surface area contributed by atoms with Crippen LogP contribution in [0.4, 0.5) is 21.0 Å². The first-order valence-electron chi connectivity index (χ1n) is 9.76. The van der Waals surface area contributed by atoms with Crippen LogP contribution in [0.1, 0.15) is 25.7 Å². The third-order valence-electron chi connectivity index (χ3n) is 4.18. The molecule has 2 amide bonds. The second-order valence-corrected chi connectivity index (χ2v) is 6.39. The van der Waals surface area contributed by atoms with E-state index in [1.54, 1.807) is 62.8 Å².